The van der Waals surface area contributed by atoms with E-state index in [0.717, 1.165) is 12.8 Å². The normalized spacial score (nSPS) is 11.6. The second-order valence-corrected chi connectivity index (χ2v) is 4.09. The number of amides is 2. The van der Waals surface area contributed by atoms with Crippen LogP contribution in [-0.4, -0.2) is 30.2 Å². The van der Waals surface area contributed by atoms with Crippen LogP contribution in [0, 0.1) is 5.92 Å². The second kappa shape index (κ2) is 9.69. The van der Waals surface area contributed by atoms with Crippen LogP contribution in [0.3, 0.4) is 0 Å². The van der Waals surface area contributed by atoms with Gasteiger partial charge in [0.2, 0.25) is 0 Å². The molecule has 0 radical (unpaired) electrons. The molecule has 0 bridgehead atoms. The molecular weight excluding hydrogens is 220 g/mol. The van der Waals surface area contributed by atoms with Crippen LogP contribution in [0.4, 0.5) is 4.79 Å². The predicted octanol–water partition coefficient (Wildman–Crippen LogP) is 1.75. The maximum atomic E-state index is 11.2. The highest BCUT2D eigenvalue weighted by Gasteiger charge is 2.06. The van der Waals surface area contributed by atoms with Gasteiger partial charge in [0.05, 0.1) is 0 Å². The molecule has 1 atom stereocenters. The highest BCUT2D eigenvalue weighted by Crippen LogP contribution is 2.08. The highest BCUT2D eigenvalue weighted by molar-refractivity contribution is 5.73. The summed E-state index contributed by atoms with van der Waals surface area (Å²) in [5.74, 6) is -0.466. The van der Waals surface area contributed by atoms with Gasteiger partial charge in [-0.2, -0.15) is 0 Å². The van der Waals surface area contributed by atoms with Crippen molar-refractivity contribution in [3.8, 4) is 0 Å². The van der Waals surface area contributed by atoms with Gasteiger partial charge in [-0.1, -0.05) is 13.0 Å². The molecule has 0 aromatic heterocycles. The van der Waals surface area contributed by atoms with Crippen LogP contribution in [0.5, 0.6) is 0 Å². The Labute approximate surface area is 102 Å². The molecule has 0 aliphatic rings. The zero-order chi connectivity index (χ0) is 13.1. The lowest BCUT2D eigenvalue weighted by molar-refractivity contribution is -0.137. The number of carboxylic acids is 1. The lowest BCUT2D eigenvalue weighted by Crippen LogP contribution is -2.36. The quantitative estimate of drug-likeness (QED) is 0.426. The van der Waals surface area contributed by atoms with Gasteiger partial charge < -0.3 is 15.7 Å². The van der Waals surface area contributed by atoms with Crippen LogP contribution >= 0.6 is 0 Å². The van der Waals surface area contributed by atoms with E-state index in [1.54, 1.807) is 6.08 Å². The molecule has 0 rings (SSSR count). The summed E-state index contributed by atoms with van der Waals surface area (Å²) in [6, 6.07) is -0.183. The van der Waals surface area contributed by atoms with E-state index in [1.807, 2.05) is 6.92 Å². The fraction of sp³-hybridized carbons (Fsp3) is 0.667. The molecule has 0 fully saturated rings. The topological polar surface area (TPSA) is 78.4 Å². The first kappa shape index (κ1) is 15.5. The Balaban J connectivity index is 3.45. The summed E-state index contributed by atoms with van der Waals surface area (Å²) in [6.45, 7) is 6.70. The number of carbonyl (C=O) groups excluding carboxylic acids is 1. The monoisotopic (exact) mass is 242 g/mol. The first-order valence-electron chi connectivity index (χ1n) is 5.90. The Bertz CT molecular complexity index is 254. The number of carboxylic acid groups (broad SMARTS) is 1. The van der Waals surface area contributed by atoms with Crippen molar-refractivity contribution < 1.29 is 14.7 Å². The molecule has 0 aromatic rings. The molecule has 2 amide bonds. The van der Waals surface area contributed by atoms with Crippen LogP contribution in [0.25, 0.3) is 0 Å². The Hall–Kier alpha value is -1.52. The summed E-state index contributed by atoms with van der Waals surface area (Å²) in [5.41, 5.74) is 0. The molecule has 5 nitrogen and oxygen atoms in total. The third-order valence-corrected chi connectivity index (χ3v) is 2.41. The Morgan fingerprint density at radius 2 is 1.94 bits per heavy atom. The zero-order valence-electron chi connectivity index (χ0n) is 10.4. The van der Waals surface area contributed by atoms with Gasteiger partial charge in [-0.3, -0.25) is 4.79 Å². The van der Waals surface area contributed by atoms with Gasteiger partial charge >= 0.3 is 12.0 Å². The maximum Gasteiger partial charge on any atom is 0.314 e. The van der Waals surface area contributed by atoms with Gasteiger partial charge in [-0.15, -0.1) is 6.58 Å². The molecule has 1 unspecified atom stereocenters. The van der Waals surface area contributed by atoms with Crippen molar-refractivity contribution in [3.63, 3.8) is 0 Å². The van der Waals surface area contributed by atoms with Crippen LogP contribution in [0.1, 0.15) is 32.6 Å². The zero-order valence-corrected chi connectivity index (χ0v) is 10.4. The van der Waals surface area contributed by atoms with Crippen molar-refractivity contribution in [2.24, 2.45) is 5.92 Å². The molecule has 0 saturated carbocycles. The van der Waals surface area contributed by atoms with Gasteiger partial charge in [-0.25, -0.2) is 4.79 Å². The minimum Gasteiger partial charge on any atom is -0.481 e. The summed E-state index contributed by atoms with van der Waals surface area (Å²) in [4.78, 5) is 21.6. The van der Waals surface area contributed by atoms with E-state index in [1.165, 1.54) is 0 Å². The summed E-state index contributed by atoms with van der Waals surface area (Å²) in [6.07, 6.45) is 4.13. The molecule has 5 heteroatoms. The van der Waals surface area contributed by atoms with Crippen LogP contribution in [0.2, 0.25) is 0 Å². The third-order valence-electron chi connectivity index (χ3n) is 2.41. The van der Waals surface area contributed by atoms with E-state index >= 15 is 0 Å². The Morgan fingerprint density at radius 3 is 2.53 bits per heavy atom. The number of rotatable bonds is 9. The smallest absolute Gasteiger partial charge is 0.314 e. The van der Waals surface area contributed by atoms with E-state index < -0.39 is 5.97 Å². The molecule has 0 heterocycles. The average molecular weight is 242 g/mol. The number of nitrogens with one attached hydrogen (secondary N) is 2. The number of urea groups is 1. The van der Waals surface area contributed by atoms with Crippen molar-refractivity contribution in [1.29, 1.82) is 0 Å². The maximum absolute atomic E-state index is 11.2. The number of carbonyl (C=O) groups is 2. The fourth-order valence-corrected chi connectivity index (χ4v) is 1.30. The van der Waals surface area contributed by atoms with Crippen molar-refractivity contribution in [1.82, 2.24) is 10.6 Å². The highest BCUT2D eigenvalue weighted by atomic mass is 16.4. The molecule has 0 saturated heterocycles. The van der Waals surface area contributed by atoms with Gasteiger partial charge in [0, 0.05) is 19.5 Å². The van der Waals surface area contributed by atoms with Gasteiger partial charge in [0.25, 0.3) is 0 Å². The van der Waals surface area contributed by atoms with E-state index in [-0.39, 0.29) is 12.5 Å². The predicted molar refractivity (Wildman–Crippen MR) is 66.9 cm³/mol. The van der Waals surface area contributed by atoms with Gasteiger partial charge in [0.1, 0.15) is 0 Å². The van der Waals surface area contributed by atoms with Crippen molar-refractivity contribution >= 4 is 12.0 Å². The second-order valence-electron chi connectivity index (χ2n) is 4.09. The first-order valence-corrected chi connectivity index (χ1v) is 5.90. The molecule has 0 aliphatic heterocycles. The first-order chi connectivity index (χ1) is 8.06. The molecule has 98 valence electrons. The molecule has 3 N–H and O–H groups in total. The minimum atomic E-state index is -0.771. The van der Waals surface area contributed by atoms with Crippen molar-refractivity contribution in [2.45, 2.75) is 32.6 Å². The van der Waals surface area contributed by atoms with Gasteiger partial charge in [-0.05, 0) is 25.2 Å². The van der Waals surface area contributed by atoms with Crippen LogP contribution < -0.4 is 10.6 Å². The number of hydrogen-bond donors (Lipinski definition) is 3. The molecule has 0 spiro atoms. The SMILES string of the molecule is C=CCCNC(=O)NCCC(C)CCC(=O)O. The summed E-state index contributed by atoms with van der Waals surface area (Å²) < 4.78 is 0. The Kier molecular flexibility index (Phi) is 8.82. The molecule has 17 heavy (non-hydrogen) atoms. The molecule has 0 aromatic carbocycles. The van der Waals surface area contributed by atoms with E-state index in [2.05, 4.69) is 17.2 Å². The van der Waals surface area contributed by atoms with Crippen LogP contribution in [-0.2, 0) is 4.79 Å². The summed E-state index contributed by atoms with van der Waals surface area (Å²) >= 11 is 0. The Morgan fingerprint density at radius 1 is 1.29 bits per heavy atom. The van der Waals surface area contributed by atoms with E-state index in [0.29, 0.717) is 25.4 Å². The third kappa shape index (κ3) is 10.8. The number of hydrogen-bond acceptors (Lipinski definition) is 2. The summed E-state index contributed by atoms with van der Waals surface area (Å²) in [7, 11) is 0. The van der Waals surface area contributed by atoms with Gasteiger partial charge in [0.15, 0.2) is 0 Å². The molecular formula is C12H22N2O3. The lowest BCUT2D eigenvalue weighted by Gasteiger charge is -2.11. The minimum absolute atomic E-state index is 0.183. The fourth-order valence-electron chi connectivity index (χ4n) is 1.30. The van der Waals surface area contributed by atoms with E-state index in [4.69, 9.17) is 5.11 Å². The standard InChI is InChI=1S/C12H22N2O3/c1-3-4-8-13-12(17)14-9-7-10(2)5-6-11(15)16/h3,10H,1,4-9H2,2H3,(H,15,16)(H2,13,14,17). The number of aliphatic carboxylic acids is 1. The van der Waals surface area contributed by atoms with Crippen LogP contribution in [0.15, 0.2) is 12.7 Å². The average Bonchev–Trinajstić information content (AvgIpc) is 2.27. The summed E-state index contributed by atoms with van der Waals surface area (Å²) in [5, 5.41) is 13.9. The largest absolute Gasteiger partial charge is 0.481 e. The lowest BCUT2D eigenvalue weighted by atomic mass is 10.0. The van der Waals surface area contributed by atoms with E-state index in [9.17, 15) is 9.59 Å². The van der Waals surface area contributed by atoms with Crippen molar-refractivity contribution in [3.05, 3.63) is 12.7 Å². The van der Waals surface area contributed by atoms with Crippen molar-refractivity contribution in [2.75, 3.05) is 13.1 Å². The molecule has 0 aliphatic carbocycles.